The first kappa shape index (κ1) is 23.2. The molecule has 1 heterocycles. The third kappa shape index (κ3) is 6.76. The van der Waals surface area contributed by atoms with E-state index in [2.05, 4.69) is 5.32 Å². The van der Waals surface area contributed by atoms with Crippen LogP contribution in [-0.2, 0) is 25.5 Å². The maximum atomic E-state index is 12.6. The van der Waals surface area contributed by atoms with Crippen molar-refractivity contribution >= 4 is 17.8 Å². The van der Waals surface area contributed by atoms with Crippen LogP contribution in [0.5, 0.6) is 5.75 Å². The molecule has 1 unspecified atom stereocenters. The fraction of sp³-hybridized carbons (Fsp3) is 0.435. The van der Waals surface area contributed by atoms with E-state index in [1.165, 1.54) is 0 Å². The molecule has 0 radical (unpaired) electrons. The molecule has 1 N–H and O–H groups in total. The molecule has 1 atom stereocenters. The van der Waals surface area contributed by atoms with Crippen LogP contribution in [0.4, 0.5) is 0 Å². The number of carbonyl (C=O) groups excluding carboxylic acids is 3. The number of benzene rings is 1. The number of amides is 1. The Balaban J connectivity index is 2.09. The van der Waals surface area contributed by atoms with Gasteiger partial charge in [-0.05, 0) is 45.4 Å². The predicted octanol–water partition coefficient (Wildman–Crippen LogP) is 2.61. The second-order valence-electron chi connectivity index (χ2n) is 8.19. The van der Waals surface area contributed by atoms with Crippen molar-refractivity contribution in [2.75, 3.05) is 20.2 Å². The lowest BCUT2D eigenvalue weighted by Gasteiger charge is -2.21. The SMILES string of the molecule is CCOC(=O)C(Cc1ccc(OC(=O)C(C)(C)C)cc1)NC(=O)C1=CN(C)CC=C1. The molecule has 1 amide bonds. The number of nitrogens with one attached hydrogen (secondary N) is 1. The van der Waals surface area contributed by atoms with Gasteiger partial charge in [0.15, 0.2) is 0 Å². The van der Waals surface area contributed by atoms with Gasteiger partial charge in [-0.3, -0.25) is 9.59 Å². The summed E-state index contributed by atoms with van der Waals surface area (Å²) in [6.07, 6.45) is 5.60. The van der Waals surface area contributed by atoms with Crippen LogP contribution in [0.2, 0.25) is 0 Å². The van der Waals surface area contributed by atoms with E-state index in [0.717, 1.165) is 12.1 Å². The highest BCUT2D eigenvalue weighted by Gasteiger charge is 2.25. The molecule has 30 heavy (non-hydrogen) atoms. The molecule has 1 aliphatic heterocycles. The molecule has 0 saturated heterocycles. The van der Waals surface area contributed by atoms with Crippen LogP contribution in [0.25, 0.3) is 0 Å². The molecular weight excluding hydrogens is 384 g/mol. The van der Waals surface area contributed by atoms with Crippen LogP contribution in [-0.4, -0.2) is 49.0 Å². The molecule has 7 heteroatoms. The van der Waals surface area contributed by atoms with E-state index in [1.807, 2.05) is 18.0 Å². The Morgan fingerprint density at radius 1 is 1.17 bits per heavy atom. The molecule has 0 fully saturated rings. The molecule has 2 rings (SSSR count). The van der Waals surface area contributed by atoms with Gasteiger partial charge in [-0.2, -0.15) is 0 Å². The Morgan fingerprint density at radius 2 is 1.83 bits per heavy atom. The third-order valence-electron chi connectivity index (χ3n) is 4.38. The zero-order valence-electron chi connectivity index (χ0n) is 18.2. The van der Waals surface area contributed by atoms with Crippen molar-refractivity contribution in [3.05, 3.63) is 53.8 Å². The van der Waals surface area contributed by atoms with Gasteiger partial charge in [-0.1, -0.05) is 24.3 Å². The van der Waals surface area contributed by atoms with E-state index in [4.69, 9.17) is 9.47 Å². The maximum absolute atomic E-state index is 12.6. The lowest BCUT2D eigenvalue weighted by Crippen LogP contribution is -2.44. The Hall–Kier alpha value is -3.09. The van der Waals surface area contributed by atoms with Crippen molar-refractivity contribution in [3.63, 3.8) is 0 Å². The van der Waals surface area contributed by atoms with E-state index in [0.29, 0.717) is 11.3 Å². The highest BCUT2D eigenvalue weighted by Crippen LogP contribution is 2.20. The summed E-state index contributed by atoms with van der Waals surface area (Å²) in [6, 6.07) is 6.03. The second-order valence-corrected chi connectivity index (χ2v) is 8.19. The number of hydrogen-bond donors (Lipinski definition) is 1. The molecule has 0 aliphatic carbocycles. The quantitative estimate of drug-likeness (QED) is 0.545. The summed E-state index contributed by atoms with van der Waals surface area (Å²) in [5.74, 6) is -0.740. The second kappa shape index (κ2) is 10.1. The molecule has 1 aromatic carbocycles. The fourth-order valence-corrected chi connectivity index (χ4v) is 2.68. The first-order valence-corrected chi connectivity index (χ1v) is 9.97. The molecule has 0 spiro atoms. The summed E-state index contributed by atoms with van der Waals surface area (Å²) in [5, 5.41) is 2.76. The van der Waals surface area contributed by atoms with E-state index in [-0.39, 0.29) is 24.9 Å². The van der Waals surface area contributed by atoms with Crippen molar-refractivity contribution < 1.29 is 23.9 Å². The van der Waals surface area contributed by atoms with Crippen LogP contribution in [0.1, 0.15) is 33.3 Å². The number of hydrogen-bond acceptors (Lipinski definition) is 6. The van der Waals surface area contributed by atoms with E-state index < -0.39 is 17.4 Å². The van der Waals surface area contributed by atoms with Gasteiger partial charge in [0.1, 0.15) is 11.8 Å². The van der Waals surface area contributed by atoms with Crippen molar-refractivity contribution in [2.24, 2.45) is 5.41 Å². The predicted molar refractivity (Wildman–Crippen MR) is 114 cm³/mol. The highest BCUT2D eigenvalue weighted by molar-refractivity contribution is 5.98. The minimum absolute atomic E-state index is 0.220. The minimum atomic E-state index is -0.832. The average Bonchev–Trinajstić information content (AvgIpc) is 2.68. The van der Waals surface area contributed by atoms with Crippen LogP contribution in [0.15, 0.2) is 48.2 Å². The monoisotopic (exact) mass is 414 g/mol. The summed E-state index contributed by atoms with van der Waals surface area (Å²) in [7, 11) is 1.87. The maximum Gasteiger partial charge on any atom is 0.328 e. The van der Waals surface area contributed by atoms with Gasteiger partial charge in [0.05, 0.1) is 17.6 Å². The molecule has 0 bridgehead atoms. The number of ether oxygens (including phenoxy) is 2. The number of nitrogens with zero attached hydrogens (tertiary/aromatic N) is 1. The van der Waals surface area contributed by atoms with Gasteiger partial charge in [-0.15, -0.1) is 0 Å². The number of esters is 2. The van der Waals surface area contributed by atoms with Crippen molar-refractivity contribution in [1.82, 2.24) is 10.2 Å². The molecule has 162 valence electrons. The number of likely N-dealkylation sites (N-methyl/N-ethyl adjacent to an activating group) is 1. The van der Waals surface area contributed by atoms with Gasteiger partial charge < -0.3 is 19.7 Å². The summed E-state index contributed by atoms with van der Waals surface area (Å²) in [4.78, 5) is 38.9. The zero-order valence-corrected chi connectivity index (χ0v) is 18.2. The van der Waals surface area contributed by atoms with Gasteiger partial charge >= 0.3 is 11.9 Å². The van der Waals surface area contributed by atoms with E-state index in [9.17, 15) is 14.4 Å². The van der Waals surface area contributed by atoms with Gasteiger partial charge in [0, 0.05) is 26.2 Å². The van der Waals surface area contributed by atoms with E-state index in [1.54, 1.807) is 64.2 Å². The lowest BCUT2D eigenvalue weighted by molar-refractivity contribution is -0.147. The molecule has 1 aromatic rings. The van der Waals surface area contributed by atoms with Crippen molar-refractivity contribution in [2.45, 2.75) is 40.2 Å². The van der Waals surface area contributed by atoms with Crippen molar-refractivity contribution in [1.29, 1.82) is 0 Å². The summed E-state index contributed by atoms with van der Waals surface area (Å²) >= 11 is 0. The number of carbonyl (C=O) groups is 3. The summed E-state index contributed by atoms with van der Waals surface area (Å²) < 4.78 is 10.5. The Morgan fingerprint density at radius 3 is 2.40 bits per heavy atom. The normalized spacial score (nSPS) is 14.6. The third-order valence-corrected chi connectivity index (χ3v) is 4.38. The molecular formula is C23H30N2O5. The molecule has 7 nitrogen and oxygen atoms in total. The molecule has 1 aliphatic rings. The number of rotatable bonds is 7. The van der Waals surface area contributed by atoms with Crippen LogP contribution < -0.4 is 10.1 Å². The zero-order chi connectivity index (χ0) is 22.3. The van der Waals surface area contributed by atoms with Crippen LogP contribution in [0, 0.1) is 5.41 Å². The Bertz CT molecular complexity index is 834. The first-order chi connectivity index (χ1) is 14.1. The Labute approximate surface area is 177 Å². The average molecular weight is 415 g/mol. The topological polar surface area (TPSA) is 84.9 Å². The minimum Gasteiger partial charge on any atom is -0.464 e. The summed E-state index contributed by atoms with van der Waals surface area (Å²) in [6.45, 7) is 8.01. The van der Waals surface area contributed by atoms with Gasteiger partial charge in [0.2, 0.25) is 0 Å². The molecule has 0 saturated carbocycles. The fourth-order valence-electron chi connectivity index (χ4n) is 2.68. The van der Waals surface area contributed by atoms with Crippen LogP contribution in [0.3, 0.4) is 0 Å². The largest absolute Gasteiger partial charge is 0.464 e. The highest BCUT2D eigenvalue weighted by atomic mass is 16.5. The van der Waals surface area contributed by atoms with Gasteiger partial charge in [-0.25, -0.2) is 4.79 Å². The summed E-state index contributed by atoms with van der Waals surface area (Å²) in [5.41, 5.74) is 0.672. The molecule has 0 aromatic heterocycles. The standard InChI is InChI=1S/C23H30N2O5/c1-6-29-21(27)19(24-20(26)17-8-7-13-25(5)15-17)14-16-9-11-18(12-10-16)30-22(28)23(2,3)4/h7-12,15,19H,6,13-14H2,1-5H3,(H,24,26). The lowest BCUT2D eigenvalue weighted by atomic mass is 9.97. The smallest absolute Gasteiger partial charge is 0.328 e. The first-order valence-electron chi connectivity index (χ1n) is 9.97. The van der Waals surface area contributed by atoms with Crippen molar-refractivity contribution in [3.8, 4) is 5.75 Å². The van der Waals surface area contributed by atoms with Crippen LogP contribution >= 0.6 is 0 Å². The van der Waals surface area contributed by atoms with Gasteiger partial charge in [0.25, 0.3) is 5.91 Å². The van der Waals surface area contributed by atoms with E-state index >= 15 is 0 Å². The Kier molecular flexibility index (Phi) is 7.80.